The van der Waals surface area contributed by atoms with Gasteiger partial charge in [-0.15, -0.1) is 0 Å². The molecule has 14 heavy (non-hydrogen) atoms. The van der Waals surface area contributed by atoms with E-state index >= 15 is 0 Å². The number of rotatable bonds is 5. The Hall–Kier alpha value is -0.930. The van der Waals surface area contributed by atoms with Gasteiger partial charge in [-0.3, -0.25) is 0 Å². The molecule has 0 spiro atoms. The third-order valence-electron chi connectivity index (χ3n) is 1.99. The van der Waals surface area contributed by atoms with Crippen LogP contribution in [-0.2, 0) is 4.74 Å². The molecule has 0 bridgehead atoms. The third-order valence-corrected chi connectivity index (χ3v) is 1.99. The molecule has 1 aromatic carbocycles. The first-order chi connectivity index (χ1) is 6.74. The molecule has 0 fully saturated rings. The van der Waals surface area contributed by atoms with E-state index in [4.69, 9.17) is 4.74 Å². The van der Waals surface area contributed by atoms with Crippen LogP contribution in [0, 0.1) is 5.82 Å². The summed E-state index contributed by atoms with van der Waals surface area (Å²) in [6.07, 6.45) is -0.0263. The van der Waals surface area contributed by atoms with Crippen LogP contribution >= 0.6 is 0 Å². The van der Waals surface area contributed by atoms with Gasteiger partial charge in [0.1, 0.15) is 5.82 Å². The van der Waals surface area contributed by atoms with Gasteiger partial charge in [0.25, 0.3) is 0 Å². The van der Waals surface area contributed by atoms with Crippen molar-refractivity contribution in [2.24, 2.45) is 0 Å². The molecule has 0 saturated heterocycles. The highest BCUT2D eigenvalue weighted by Gasteiger charge is 2.06. The number of aliphatic hydroxyl groups is 1. The minimum atomic E-state index is -0.567. The fourth-order valence-electron chi connectivity index (χ4n) is 1.19. The molecule has 0 aliphatic carbocycles. The second-order valence-electron chi connectivity index (χ2n) is 3.05. The van der Waals surface area contributed by atoms with Crippen molar-refractivity contribution in [3.63, 3.8) is 0 Å². The van der Waals surface area contributed by atoms with E-state index in [1.165, 1.54) is 12.1 Å². The van der Waals surface area contributed by atoms with Gasteiger partial charge in [-0.25, -0.2) is 4.39 Å². The van der Waals surface area contributed by atoms with Crippen molar-refractivity contribution in [3.05, 3.63) is 35.6 Å². The Bertz CT molecular complexity index is 258. The molecule has 1 rings (SSSR count). The summed E-state index contributed by atoms with van der Waals surface area (Å²) in [5.74, 6) is -0.286. The van der Waals surface area contributed by atoms with Gasteiger partial charge in [-0.2, -0.15) is 0 Å². The molecule has 0 aromatic heterocycles. The lowest BCUT2D eigenvalue weighted by Crippen LogP contribution is -2.03. The Morgan fingerprint density at radius 3 is 2.57 bits per heavy atom. The first-order valence-corrected chi connectivity index (χ1v) is 4.75. The van der Waals surface area contributed by atoms with E-state index in [0.29, 0.717) is 19.6 Å². The molecule has 0 aliphatic rings. The van der Waals surface area contributed by atoms with E-state index in [1.54, 1.807) is 12.1 Å². The average molecular weight is 198 g/mol. The van der Waals surface area contributed by atoms with Crippen molar-refractivity contribution in [3.8, 4) is 0 Å². The topological polar surface area (TPSA) is 29.5 Å². The SMILES string of the molecule is CCOCCC(O)c1ccc(F)cc1. The lowest BCUT2D eigenvalue weighted by Gasteiger charge is -2.10. The molecular formula is C11H15FO2. The van der Waals surface area contributed by atoms with E-state index in [9.17, 15) is 9.50 Å². The van der Waals surface area contributed by atoms with Crippen molar-refractivity contribution >= 4 is 0 Å². The van der Waals surface area contributed by atoms with Gasteiger partial charge in [0.2, 0.25) is 0 Å². The van der Waals surface area contributed by atoms with Crippen molar-refractivity contribution < 1.29 is 14.2 Å². The largest absolute Gasteiger partial charge is 0.388 e. The molecule has 2 nitrogen and oxygen atoms in total. The van der Waals surface area contributed by atoms with Gasteiger partial charge in [0.15, 0.2) is 0 Å². The maximum atomic E-state index is 12.6. The molecule has 1 aromatic rings. The fraction of sp³-hybridized carbons (Fsp3) is 0.455. The van der Waals surface area contributed by atoms with Crippen molar-refractivity contribution in [2.75, 3.05) is 13.2 Å². The summed E-state index contributed by atoms with van der Waals surface area (Å²) in [5.41, 5.74) is 0.728. The molecule has 78 valence electrons. The highest BCUT2D eigenvalue weighted by Crippen LogP contribution is 2.16. The monoisotopic (exact) mass is 198 g/mol. The molecule has 0 aliphatic heterocycles. The zero-order valence-electron chi connectivity index (χ0n) is 8.24. The van der Waals surface area contributed by atoms with Crippen LogP contribution in [0.2, 0.25) is 0 Å². The van der Waals surface area contributed by atoms with E-state index in [0.717, 1.165) is 5.56 Å². The standard InChI is InChI=1S/C11H15FO2/c1-2-14-8-7-11(13)9-3-5-10(12)6-4-9/h3-6,11,13H,2,7-8H2,1H3. The minimum Gasteiger partial charge on any atom is -0.388 e. The predicted molar refractivity (Wildman–Crippen MR) is 52.5 cm³/mol. The molecular weight excluding hydrogens is 183 g/mol. The number of hydrogen-bond acceptors (Lipinski definition) is 2. The van der Waals surface area contributed by atoms with Crippen molar-refractivity contribution in [2.45, 2.75) is 19.4 Å². The molecule has 1 unspecified atom stereocenters. The lowest BCUT2D eigenvalue weighted by molar-refractivity contribution is 0.0886. The summed E-state index contributed by atoms with van der Waals surface area (Å²) in [5, 5.41) is 9.64. The quantitative estimate of drug-likeness (QED) is 0.735. The normalized spacial score (nSPS) is 12.8. The predicted octanol–water partition coefficient (Wildman–Crippen LogP) is 2.29. The summed E-state index contributed by atoms with van der Waals surface area (Å²) >= 11 is 0. The third kappa shape index (κ3) is 3.44. The van der Waals surface area contributed by atoms with E-state index in [-0.39, 0.29) is 5.82 Å². The van der Waals surface area contributed by atoms with Gasteiger partial charge in [0, 0.05) is 19.6 Å². The van der Waals surface area contributed by atoms with Crippen LogP contribution in [0.5, 0.6) is 0 Å². The summed E-state index contributed by atoms with van der Waals surface area (Å²) in [6, 6.07) is 5.87. The summed E-state index contributed by atoms with van der Waals surface area (Å²) < 4.78 is 17.7. The Morgan fingerprint density at radius 2 is 2.00 bits per heavy atom. The van der Waals surface area contributed by atoms with Gasteiger partial charge in [-0.05, 0) is 24.6 Å². The van der Waals surface area contributed by atoms with E-state index in [1.807, 2.05) is 6.92 Å². The summed E-state index contributed by atoms with van der Waals surface area (Å²) in [7, 11) is 0. The summed E-state index contributed by atoms with van der Waals surface area (Å²) in [4.78, 5) is 0. The van der Waals surface area contributed by atoms with Crippen molar-refractivity contribution in [1.29, 1.82) is 0 Å². The molecule has 1 N–H and O–H groups in total. The first kappa shape index (κ1) is 11.1. The summed E-state index contributed by atoms with van der Waals surface area (Å²) in [6.45, 7) is 3.08. The van der Waals surface area contributed by atoms with Gasteiger partial charge in [-0.1, -0.05) is 12.1 Å². The van der Waals surface area contributed by atoms with Crippen LogP contribution in [0.3, 0.4) is 0 Å². The maximum Gasteiger partial charge on any atom is 0.123 e. The van der Waals surface area contributed by atoms with Crippen LogP contribution in [0.4, 0.5) is 4.39 Å². The number of aliphatic hydroxyl groups excluding tert-OH is 1. The molecule has 1 atom stereocenters. The number of halogens is 1. The van der Waals surface area contributed by atoms with Gasteiger partial charge >= 0.3 is 0 Å². The van der Waals surface area contributed by atoms with Crippen LogP contribution in [0.25, 0.3) is 0 Å². The van der Waals surface area contributed by atoms with Crippen LogP contribution < -0.4 is 0 Å². The van der Waals surface area contributed by atoms with Crippen LogP contribution in [-0.4, -0.2) is 18.3 Å². The Kier molecular flexibility index (Phi) is 4.56. The Morgan fingerprint density at radius 1 is 1.36 bits per heavy atom. The second-order valence-corrected chi connectivity index (χ2v) is 3.05. The highest BCUT2D eigenvalue weighted by atomic mass is 19.1. The van der Waals surface area contributed by atoms with Gasteiger partial charge < -0.3 is 9.84 Å². The van der Waals surface area contributed by atoms with Crippen LogP contribution in [0.1, 0.15) is 25.0 Å². The number of benzene rings is 1. The fourth-order valence-corrected chi connectivity index (χ4v) is 1.19. The molecule has 3 heteroatoms. The molecule has 0 heterocycles. The smallest absolute Gasteiger partial charge is 0.123 e. The average Bonchev–Trinajstić information content (AvgIpc) is 2.19. The molecule has 0 saturated carbocycles. The lowest BCUT2D eigenvalue weighted by atomic mass is 10.1. The van der Waals surface area contributed by atoms with Crippen molar-refractivity contribution in [1.82, 2.24) is 0 Å². The highest BCUT2D eigenvalue weighted by molar-refractivity contribution is 5.18. The Balaban J connectivity index is 2.43. The second kappa shape index (κ2) is 5.73. The minimum absolute atomic E-state index is 0.286. The number of ether oxygens (including phenoxy) is 1. The zero-order chi connectivity index (χ0) is 10.4. The van der Waals surface area contributed by atoms with Gasteiger partial charge in [0.05, 0.1) is 6.10 Å². The van der Waals surface area contributed by atoms with Crippen LogP contribution in [0.15, 0.2) is 24.3 Å². The molecule has 0 amide bonds. The zero-order valence-corrected chi connectivity index (χ0v) is 8.24. The van der Waals surface area contributed by atoms with E-state index < -0.39 is 6.10 Å². The molecule has 0 radical (unpaired) electrons. The Labute approximate surface area is 83.3 Å². The first-order valence-electron chi connectivity index (χ1n) is 4.75. The van der Waals surface area contributed by atoms with E-state index in [2.05, 4.69) is 0 Å². The maximum absolute atomic E-state index is 12.6. The number of hydrogen-bond donors (Lipinski definition) is 1.